The van der Waals surface area contributed by atoms with E-state index in [1.807, 2.05) is 11.3 Å². The normalized spacial score (nSPS) is 17.5. The molecule has 0 N–H and O–H groups in total. The van der Waals surface area contributed by atoms with Crippen molar-refractivity contribution in [3.05, 3.63) is 29.3 Å². The summed E-state index contributed by atoms with van der Waals surface area (Å²) in [5.74, 6) is 0.690. The third-order valence-electron chi connectivity index (χ3n) is 3.79. The molecule has 4 heteroatoms. The Morgan fingerprint density at radius 1 is 1.26 bits per heavy atom. The van der Waals surface area contributed by atoms with Gasteiger partial charge in [-0.2, -0.15) is 0 Å². The molecule has 1 aromatic heterocycles. The molecule has 2 nitrogen and oxygen atoms in total. The second-order valence-corrected chi connectivity index (χ2v) is 6.20. The number of fused-ring (bicyclic) bond motifs is 1. The average molecular weight is 341 g/mol. The molecular formula is C15H21BrN2S. The predicted molar refractivity (Wildman–Crippen MR) is 88.6 cm³/mol. The van der Waals surface area contributed by atoms with Crippen LogP contribution in [-0.4, -0.2) is 29.5 Å². The highest BCUT2D eigenvalue weighted by Gasteiger charge is 2.22. The first kappa shape index (κ1) is 14.9. The second-order valence-electron chi connectivity index (χ2n) is 5.14. The zero-order valence-corrected chi connectivity index (χ0v) is 13.9. The summed E-state index contributed by atoms with van der Waals surface area (Å²) in [6.07, 6.45) is 3.82. The molecule has 3 rings (SSSR count). The van der Waals surface area contributed by atoms with Gasteiger partial charge >= 0.3 is 0 Å². The van der Waals surface area contributed by atoms with Crippen molar-refractivity contribution in [2.45, 2.75) is 32.1 Å². The lowest BCUT2D eigenvalue weighted by Crippen LogP contribution is -2.33. The maximum Gasteiger partial charge on any atom is 0.0970 e. The number of piperidine rings is 1. The number of benzene rings is 1. The van der Waals surface area contributed by atoms with Crippen LogP contribution in [0.1, 0.15) is 37.1 Å². The summed E-state index contributed by atoms with van der Waals surface area (Å²) >= 11 is 1.89. The number of hydrogen-bond acceptors (Lipinski definition) is 3. The van der Waals surface area contributed by atoms with Crippen LogP contribution in [0.2, 0.25) is 0 Å². The molecule has 0 spiro atoms. The molecule has 19 heavy (non-hydrogen) atoms. The number of aromatic nitrogens is 1. The lowest BCUT2D eigenvalue weighted by Gasteiger charge is -2.30. The van der Waals surface area contributed by atoms with Gasteiger partial charge in [-0.05, 0) is 51.0 Å². The fraction of sp³-hybridized carbons (Fsp3) is 0.533. The first-order valence-electron chi connectivity index (χ1n) is 6.94. The Hall–Kier alpha value is -0.450. The summed E-state index contributed by atoms with van der Waals surface area (Å²) in [6.45, 7) is 6.01. The van der Waals surface area contributed by atoms with Crippen LogP contribution in [0.3, 0.4) is 0 Å². The molecule has 0 bridgehead atoms. The molecular weight excluding hydrogens is 320 g/mol. The molecule has 0 saturated carbocycles. The summed E-state index contributed by atoms with van der Waals surface area (Å²) in [5.41, 5.74) is 1.17. The van der Waals surface area contributed by atoms with Gasteiger partial charge in [0.25, 0.3) is 0 Å². The standard InChI is InChI=1S/C15H20N2S.BrH/c1-2-9-17-10-7-12(8-11-17)15-16-13-5-3-4-6-14(13)18-15;/h3-6,12H,2,7-11H2,1H3;1H. The van der Waals surface area contributed by atoms with Crippen LogP contribution in [0.15, 0.2) is 24.3 Å². The topological polar surface area (TPSA) is 16.1 Å². The van der Waals surface area contributed by atoms with Crippen LogP contribution >= 0.6 is 28.3 Å². The largest absolute Gasteiger partial charge is 0.303 e. The molecule has 1 fully saturated rings. The second kappa shape index (κ2) is 6.82. The Bertz CT molecular complexity index is 485. The first-order chi connectivity index (χ1) is 8.86. The van der Waals surface area contributed by atoms with Gasteiger partial charge in [0.15, 0.2) is 0 Å². The van der Waals surface area contributed by atoms with E-state index < -0.39 is 0 Å². The van der Waals surface area contributed by atoms with Crippen molar-refractivity contribution >= 4 is 38.5 Å². The van der Waals surface area contributed by atoms with Crippen molar-refractivity contribution in [3.8, 4) is 0 Å². The molecule has 1 aliphatic heterocycles. The summed E-state index contributed by atoms with van der Waals surface area (Å²) in [5, 5.41) is 1.35. The fourth-order valence-electron chi connectivity index (χ4n) is 2.78. The highest BCUT2D eigenvalue weighted by molar-refractivity contribution is 8.93. The first-order valence-corrected chi connectivity index (χ1v) is 7.76. The summed E-state index contributed by atoms with van der Waals surface area (Å²) in [7, 11) is 0. The lowest BCUT2D eigenvalue weighted by molar-refractivity contribution is 0.212. The Labute approximate surface area is 129 Å². The van der Waals surface area contributed by atoms with E-state index in [-0.39, 0.29) is 17.0 Å². The lowest BCUT2D eigenvalue weighted by atomic mass is 9.97. The SMILES string of the molecule is Br.CCCN1CCC(c2nc3ccccc3s2)CC1. The smallest absolute Gasteiger partial charge is 0.0970 e. The predicted octanol–water partition coefficient (Wildman–Crippen LogP) is 4.46. The van der Waals surface area contributed by atoms with E-state index in [1.165, 1.54) is 54.1 Å². The van der Waals surface area contributed by atoms with Crippen LogP contribution < -0.4 is 0 Å². The molecule has 1 saturated heterocycles. The van der Waals surface area contributed by atoms with Crippen LogP contribution in [0, 0.1) is 0 Å². The third kappa shape index (κ3) is 3.36. The Kier molecular flexibility index (Phi) is 5.37. The molecule has 2 aromatic rings. The molecule has 0 radical (unpaired) electrons. The maximum atomic E-state index is 4.81. The molecule has 2 heterocycles. The van der Waals surface area contributed by atoms with Crippen molar-refractivity contribution in [1.82, 2.24) is 9.88 Å². The number of para-hydroxylation sites is 1. The quantitative estimate of drug-likeness (QED) is 0.819. The highest BCUT2D eigenvalue weighted by atomic mass is 79.9. The van der Waals surface area contributed by atoms with E-state index in [4.69, 9.17) is 4.98 Å². The minimum absolute atomic E-state index is 0. The van der Waals surface area contributed by atoms with Crippen LogP contribution in [-0.2, 0) is 0 Å². The van der Waals surface area contributed by atoms with Crippen molar-refractivity contribution < 1.29 is 0 Å². The van der Waals surface area contributed by atoms with E-state index in [9.17, 15) is 0 Å². The van der Waals surface area contributed by atoms with Crippen molar-refractivity contribution in [2.24, 2.45) is 0 Å². The zero-order valence-electron chi connectivity index (χ0n) is 11.3. The molecule has 0 unspecified atom stereocenters. The minimum Gasteiger partial charge on any atom is -0.303 e. The monoisotopic (exact) mass is 340 g/mol. The number of thiazole rings is 1. The molecule has 1 aliphatic rings. The van der Waals surface area contributed by atoms with E-state index in [0.717, 1.165) is 0 Å². The number of likely N-dealkylation sites (tertiary alicyclic amines) is 1. The third-order valence-corrected chi connectivity index (χ3v) is 4.99. The van der Waals surface area contributed by atoms with Gasteiger partial charge in [-0.1, -0.05) is 19.1 Å². The fourth-order valence-corrected chi connectivity index (χ4v) is 3.92. The summed E-state index contributed by atoms with van der Waals surface area (Å²) in [4.78, 5) is 7.39. The average Bonchev–Trinajstić information content (AvgIpc) is 2.84. The number of hydrogen-bond donors (Lipinski definition) is 0. The van der Waals surface area contributed by atoms with Crippen molar-refractivity contribution in [3.63, 3.8) is 0 Å². The molecule has 0 amide bonds. The number of rotatable bonds is 3. The van der Waals surface area contributed by atoms with Crippen LogP contribution in [0.4, 0.5) is 0 Å². The minimum atomic E-state index is 0. The van der Waals surface area contributed by atoms with Gasteiger partial charge in [0, 0.05) is 5.92 Å². The molecule has 104 valence electrons. The Morgan fingerprint density at radius 3 is 2.68 bits per heavy atom. The number of halogens is 1. The van der Waals surface area contributed by atoms with E-state index in [1.54, 1.807) is 0 Å². The maximum absolute atomic E-state index is 4.81. The van der Waals surface area contributed by atoms with E-state index in [2.05, 4.69) is 36.1 Å². The summed E-state index contributed by atoms with van der Waals surface area (Å²) < 4.78 is 1.34. The highest BCUT2D eigenvalue weighted by Crippen LogP contribution is 2.33. The Morgan fingerprint density at radius 2 is 2.00 bits per heavy atom. The van der Waals surface area contributed by atoms with Gasteiger partial charge < -0.3 is 4.90 Å². The van der Waals surface area contributed by atoms with Crippen LogP contribution in [0.5, 0.6) is 0 Å². The number of nitrogens with zero attached hydrogens (tertiary/aromatic N) is 2. The van der Waals surface area contributed by atoms with Gasteiger partial charge in [-0.3, -0.25) is 0 Å². The van der Waals surface area contributed by atoms with Crippen molar-refractivity contribution in [2.75, 3.05) is 19.6 Å². The van der Waals surface area contributed by atoms with Crippen LogP contribution in [0.25, 0.3) is 10.2 Å². The molecule has 0 aliphatic carbocycles. The zero-order chi connectivity index (χ0) is 12.4. The van der Waals surface area contributed by atoms with Gasteiger partial charge in [-0.25, -0.2) is 4.98 Å². The summed E-state index contributed by atoms with van der Waals surface area (Å²) in [6, 6.07) is 8.49. The van der Waals surface area contributed by atoms with E-state index >= 15 is 0 Å². The molecule has 0 atom stereocenters. The van der Waals surface area contributed by atoms with E-state index in [0.29, 0.717) is 5.92 Å². The van der Waals surface area contributed by atoms with Gasteiger partial charge in [0.1, 0.15) is 0 Å². The van der Waals surface area contributed by atoms with Crippen molar-refractivity contribution in [1.29, 1.82) is 0 Å². The van der Waals surface area contributed by atoms with Gasteiger partial charge in [-0.15, -0.1) is 28.3 Å². The van der Waals surface area contributed by atoms with Gasteiger partial charge in [0.2, 0.25) is 0 Å². The van der Waals surface area contributed by atoms with Gasteiger partial charge in [0.05, 0.1) is 15.2 Å². The molecule has 1 aromatic carbocycles. The Balaban J connectivity index is 0.00000133.